The molecule has 0 aromatic heterocycles. The van der Waals surface area contributed by atoms with Gasteiger partial charge in [-0.1, -0.05) is 48.0 Å². The second-order valence-corrected chi connectivity index (χ2v) is 6.37. The summed E-state index contributed by atoms with van der Waals surface area (Å²) in [5.74, 6) is -0.498. The van der Waals surface area contributed by atoms with E-state index < -0.39 is 23.6 Å². The SMILES string of the molecule is O=C(Nc1cccc(C(F)(F)F)c1)Oc1ccc(Cl)cc1C(=O)c1ccccc1. The number of alkyl halides is 3. The number of rotatable bonds is 4. The molecule has 3 rings (SSSR count). The van der Waals surface area contributed by atoms with Crippen LogP contribution < -0.4 is 10.1 Å². The molecule has 4 nitrogen and oxygen atoms in total. The van der Waals surface area contributed by atoms with E-state index in [-0.39, 0.29) is 22.0 Å². The molecule has 8 heteroatoms. The molecule has 148 valence electrons. The lowest BCUT2D eigenvalue weighted by molar-refractivity contribution is -0.137. The number of carbonyl (C=O) groups is 2. The van der Waals surface area contributed by atoms with E-state index in [0.29, 0.717) is 5.56 Å². The second kappa shape index (κ2) is 8.36. The van der Waals surface area contributed by atoms with E-state index in [1.54, 1.807) is 30.3 Å². The van der Waals surface area contributed by atoms with Crippen LogP contribution in [0.3, 0.4) is 0 Å². The molecule has 3 aromatic carbocycles. The van der Waals surface area contributed by atoms with Crippen LogP contribution in [0.15, 0.2) is 72.8 Å². The van der Waals surface area contributed by atoms with Gasteiger partial charge in [0, 0.05) is 16.3 Å². The molecular weight excluding hydrogens is 407 g/mol. The van der Waals surface area contributed by atoms with Crippen molar-refractivity contribution in [1.82, 2.24) is 0 Å². The van der Waals surface area contributed by atoms with E-state index in [9.17, 15) is 22.8 Å². The van der Waals surface area contributed by atoms with E-state index in [0.717, 1.165) is 18.2 Å². The van der Waals surface area contributed by atoms with Gasteiger partial charge in [-0.2, -0.15) is 13.2 Å². The summed E-state index contributed by atoms with van der Waals surface area (Å²) >= 11 is 5.96. The Labute approximate surface area is 168 Å². The number of amides is 1. The van der Waals surface area contributed by atoms with Gasteiger partial charge in [-0.3, -0.25) is 10.1 Å². The lowest BCUT2D eigenvalue weighted by Gasteiger charge is -2.12. The molecule has 0 aliphatic rings. The van der Waals surface area contributed by atoms with E-state index in [1.165, 1.54) is 24.3 Å². The normalized spacial score (nSPS) is 11.0. The minimum atomic E-state index is -4.55. The monoisotopic (exact) mass is 419 g/mol. The summed E-state index contributed by atoms with van der Waals surface area (Å²) in [5.41, 5.74) is -0.614. The van der Waals surface area contributed by atoms with Crippen LogP contribution in [0.25, 0.3) is 0 Å². The van der Waals surface area contributed by atoms with Crippen molar-refractivity contribution in [2.75, 3.05) is 5.32 Å². The number of anilines is 1. The van der Waals surface area contributed by atoms with Crippen molar-refractivity contribution in [2.45, 2.75) is 6.18 Å². The fourth-order valence-electron chi connectivity index (χ4n) is 2.53. The highest BCUT2D eigenvalue weighted by Gasteiger charge is 2.30. The highest BCUT2D eigenvalue weighted by Crippen LogP contribution is 2.31. The van der Waals surface area contributed by atoms with Crippen LogP contribution in [-0.2, 0) is 6.18 Å². The van der Waals surface area contributed by atoms with Crippen molar-refractivity contribution in [3.05, 3.63) is 94.5 Å². The highest BCUT2D eigenvalue weighted by atomic mass is 35.5. The number of hydrogen-bond donors (Lipinski definition) is 1. The predicted molar refractivity (Wildman–Crippen MR) is 102 cm³/mol. The Morgan fingerprint density at radius 1 is 0.897 bits per heavy atom. The molecule has 0 unspecified atom stereocenters. The van der Waals surface area contributed by atoms with Crippen molar-refractivity contribution >= 4 is 29.2 Å². The van der Waals surface area contributed by atoms with Gasteiger partial charge in [0.05, 0.1) is 11.1 Å². The third-order valence-corrected chi connectivity index (χ3v) is 4.10. The van der Waals surface area contributed by atoms with Crippen LogP contribution in [0.1, 0.15) is 21.5 Å². The van der Waals surface area contributed by atoms with Crippen molar-refractivity contribution in [1.29, 1.82) is 0 Å². The molecular formula is C21H13ClF3NO3. The van der Waals surface area contributed by atoms with Crippen molar-refractivity contribution < 1.29 is 27.5 Å². The van der Waals surface area contributed by atoms with Crippen LogP contribution in [0.5, 0.6) is 5.75 Å². The van der Waals surface area contributed by atoms with E-state index >= 15 is 0 Å². The van der Waals surface area contributed by atoms with Crippen molar-refractivity contribution in [3.63, 3.8) is 0 Å². The summed E-state index contributed by atoms with van der Waals surface area (Å²) in [6, 6.07) is 16.5. The minimum absolute atomic E-state index is 0.0443. The highest BCUT2D eigenvalue weighted by molar-refractivity contribution is 6.31. The Balaban J connectivity index is 1.82. The molecule has 1 amide bonds. The first-order valence-corrected chi connectivity index (χ1v) is 8.67. The van der Waals surface area contributed by atoms with Crippen LogP contribution in [0.4, 0.5) is 23.7 Å². The fraction of sp³-hybridized carbons (Fsp3) is 0.0476. The first-order chi connectivity index (χ1) is 13.7. The van der Waals surface area contributed by atoms with Gasteiger partial charge in [0.2, 0.25) is 0 Å². The summed E-state index contributed by atoms with van der Waals surface area (Å²) < 4.78 is 43.6. The zero-order valence-electron chi connectivity index (χ0n) is 14.7. The molecule has 0 bridgehead atoms. The fourth-order valence-corrected chi connectivity index (χ4v) is 2.70. The Bertz CT molecular complexity index is 1050. The van der Waals surface area contributed by atoms with Crippen molar-refractivity contribution in [2.24, 2.45) is 0 Å². The van der Waals surface area contributed by atoms with Crippen molar-refractivity contribution in [3.8, 4) is 5.75 Å². The minimum Gasteiger partial charge on any atom is -0.409 e. The number of ether oxygens (including phenoxy) is 1. The number of carbonyl (C=O) groups excluding carboxylic acids is 2. The molecule has 29 heavy (non-hydrogen) atoms. The van der Waals surface area contributed by atoms with Gasteiger partial charge in [0.15, 0.2) is 5.78 Å². The van der Waals surface area contributed by atoms with Gasteiger partial charge in [-0.15, -0.1) is 0 Å². The first kappa shape index (κ1) is 20.4. The van der Waals surface area contributed by atoms with Gasteiger partial charge in [0.1, 0.15) is 5.75 Å². The number of ketones is 1. The van der Waals surface area contributed by atoms with E-state index in [2.05, 4.69) is 5.32 Å². The topological polar surface area (TPSA) is 55.4 Å². The third-order valence-electron chi connectivity index (χ3n) is 3.86. The van der Waals surface area contributed by atoms with Crippen LogP contribution >= 0.6 is 11.6 Å². The molecule has 0 saturated carbocycles. The largest absolute Gasteiger partial charge is 0.417 e. The van der Waals surface area contributed by atoms with Gasteiger partial charge in [0.25, 0.3) is 0 Å². The van der Waals surface area contributed by atoms with E-state index in [4.69, 9.17) is 16.3 Å². The maximum absolute atomic E-state index is 12.8. The molecule has 0 saturated heterocycles. The molecule has 3 aromatic rings. The zero-order chi connectivity index (χ0) is 21.0. The standard InChI is InChI=1S/C21H13ClF3NO3/c22-15-9-10-18(17(12-15)19(27)13-5-2-1-3-6-13)29-20(28)26-16-8-4-7-14(11-16)21(23,24)25/h1-12H,(H,26,28). The van der Waals surface area contributed by atoms with Gasteiger partial charge < -0.3 is 4.74 Å². The van der Waals surface area contributed by atoms with Crippen LogP contribution in [0, 0.1) is 0 Å². The Kier molecular flexibility index (Phi) is 5.89. The van der Waals surface area contributed by atoms with Gasteiger partial charge >= 0.3 is 12.3 Å². The maximum atomic E-state index is 12.8. The number of halogens is 4. The summed E-state index contributed by atoms with van der Waals surface area (Å²) in [5, 5.41) is 2.48. The molecule has 1 N–H and O–H groups in total. The van der Waals surface area contributed by atoms with Gasteiger partial charge in [-0.05, 0) is 36.4 Å². The molecule has 0 fully saturated rings. The Morgan fingerprint density at radius 3 is 2.31 bits per heavy atom. The number of nitrogens with one attached hydrogen (secondary N) is 1. The molecule has 0 radical (unpaired) electrons. The second-order valence-electron chi connectivity index (χ2n) is 5.93. The smallest absolute Gasteiger partial charge is 0.409 e. The predicted octanol–water partition coefficient (Wildman–Crippen LogP) is 6.20. The Morgan fingerprint density at radius 2 is 1.62 bits per heavy atom. The average molecular weight is 420 g/mol. The molecule has 0 aliphatic carbocycles. The first-order valence-electron chi connectivity index (χ1n) is 8.29. The molecule has 0 aliphatic heterocycles. The summed E-state index contributed by atoms with van der Waals surface area (Å²) in [6.07, 6.45) is -5.60. The average Bonchev–Trinajstić information content (AvgIpc) is 2.69. The molecule has 0 atom stereocenters. The maximum Gasteiger partial charge on any atom is 0.417 e. The zero-order valence-corrected chi connectivity index (χ0v) is 15.4. The van der Waals surface area contributed by atoms with E-state index in [1.807, 2.05) is 0 Å². The van der Waals surface area contributed by atoms with Gasteiger partial charge in [-0.25, -0.2) is 4.79 Å². The number of hydrogen-bond acceptors (Lipinski definition) is 3. The summed E-state index contributed by atoms with van der Waals surface area (Å²) in [6.45, 7) is 0. The number of benzene rings is 3. The lowest BCUT2D eigenvalue weighted by Crippen LogP contribution is -2.19. The van der Waals surface area contributed by atoms with Crippen LogP contribution in [-0.4, -0.2) is 11.9 Å². The lowest BCUT2D eigenvalue weighted by atomic mass is 10.0. The Hall–Kier alpha value is -3.32. The molecule has 0 spiro atoms. The molecule has 0 heterocycles. The third kappa shape index (κ3) is 5.14. The quantitative estimate of drug-likeness (QED) is 0.512. The summed E-state index contributed by atoms with van der Waals surface area (Å²) in [4.78, 5) is 24.9. The van der Waals surface area contributed by atoms with Crippen LogP contribution in [0.2, 0.25) is 5.02 Å². The summed E-state index contributed by atoms with van der Waals surface area (Å²) in [7, 11) is 0.